The summed E-state index contributed by atoms with van der Waals surface area (Å²) in [5.41, 5.74) is 7.17. The van der Waals surface area contributed by atoms with Crippen LogP contribution in [0.3, 0.4) is 0 Å². The second kappa shape index (κ2) is 10.7. The minimum atomic E-state index is -0.470. The van der Waals surface area contributed by atoms with Gasteiger partial charge in [0.05, 0.1) is 24.5 Å². The van der Waals surface area contributed by atoms with Crippen LogP contribution in [0.1, 0.15) is 28.8 Å². The largest absolute Gasteiger partial charge is 0.452 e. The summed E-state index contributed by atoms with van der Waals surface area (Å²) in [6.07, 6.45) is 4.63. The zero-order valence-electron chi connectivity index (χ0n) is 19.4. The average molecular weight is 460 g/mol. The number of anilines is 3. The van der Waals surface area contributed by atoms with E-state index in [1.165, 1.54) is 12.1 Å². The summed E-state index contributed by atoms with van der Waals surface area (Å²) in [4.78, 5) is 31.8. The number of carbonyl (C=O) groups is 2. The fraction of sp³-hybridized carbons (Fsp3) is 0.269. The van der Waals surface area contributed by atoms with Gasteiger partial charge in [-0.15, -0.1) is 0 Å². The summed E-state index contributed by atoms with van der Waals surface area (Å²) in [5.74, 6) is -0.218. The van der Waals surface area contributed by atoms with E-state index in [9.17, 15) is 9.59 Å². The number of amides is 2. The van der Waals surface area contributed by atoms with Crippen molar-refractivity contribution in [3.05, 3.63) is 84.2 Å². The van der Waals surface area contributed by atoms with Crippen molar-refractivity contribution in [1.82, 2.24) is 9.99 Å². The first-order valence-corrected chi connectivity index (χ1v) is 11.3. The number of hydrazine groups is 1. The third-order valence-corrected chi connectivity index (χ3v) is 5.96. The Kier molecular flexibility index (Phi) is 7.27. The highest BCUT2D eigenvalue weighted by molar-refractivity contribution is 6.05. The molecule has 0 bridgehead atoms. The molecule has 3 aromatic rings. The van der Waals surface area contributed by atoms with Crippen molar-refractivity contribution in [1.29, 1.82) is 0 Å². The van der Waals surface area contributed by atoms with Crippen LogP contribution in [0.5, 0.6) is 0 Å². The maximum atomic E-state index is 12.8. The number of para-hydroxylation sites is 2. The summed E-state index contributed by atoms with van der Waals surface area (Å²) in [6.45, 7) is 3.58. The number of hydrogen-bond donors (Lipinski definition) is 2. The molecule has 0 unspecified atom stereocenters. The fourth-order valence-electron chi connectivity index (χ4n) is 4.04. The van der Waals surface area contributed by atoms with Crippen LogP contribution < -0.4 is 15.6 Å². The molecule has 0 spiro atoms. The van der Waals surface area contributed by atoms with Crippen LogP contribution >= 0.6 is 0 Å². The van der Waals surface area contributed by atoms with Gasteiger partial charge in [0.1, 0.15) is 0 Å². The number of rotatable bonds is 6. The second-order valence-corrected chi connectivity index (χ2v) is 8.24. The number of aryl methyl sites for hydroxylation is 1. The third-order valence-electron chi connectivity index (χ3n) is 5.96. The molecular weight excluding hydrogens is 430 g/mol. The zero-order chi connectivity index (χ0) is 23.9. The number of piperidine rings is 1. The molecule has 2 aromatic carbocycles. The fourth-order valence-corrected chi connectivity index (χ4v) is 4.04. The van der Waals surface area contributed by atoms with E-state index in [0.717, 1.165) is 37.2 Å². The first-order valence-electron chi connectivity index (χ1n) is 11.3. The van der Waals surface area contributed by atoms with Crippen LogP contribution in [0, 0.1) is 6.92 Å². The lowest BCUT2D eigenvalue weighted by atomic mass is 10.0. The number of pyridine rings is 1. The van der Waals surface area contributed by atoms with E-state index in [0.29, 0.717) is 16.9 Å². The monoisotopic (exact) mass is 459 g/mol. The smallest absolute Gasteiger partial charge is 0.428 e. The number of hydrogen-bond acceptors (Lipinski definition) is 6. The molecule has 1 saturated heterocycles. The zero-order valence-corrected chi connectivity index (χ0v) is 19.4. The summed E-state index contributed by atoms with van der Waals surface area (Å²) in [6, 6.07) is 18.6. The molecule has 176 valence electrons. The number of ether oxygens (including phenoxy) is 1. The summed E-state index contributed by atoms with van der Waals surface area (Å²) in [7, 11) is 1.37. The Labute approximate surface area is 199 Å². The first-order chi connectivity index (χ1) is 16.5. The minimum absolute atomic E-state index is 0.0635. The van der Waals surface area contributed by atoms with Gasteiger partial charge in [0.25, 0.3) is 5.91 Å². The predicted molar refractivity (Wildman–Crippen MR) is 133 cm³/mol. The Morgan fingerprint density at radius 3 is 2.26 bits per heavy atom. The van der Waals surface area contributed by atoms with Crippen LogP contribution in [0.15, 0.2) is 73.1 Å². The van der Waals surface area contributed by atoms with Crippen molar-refractivity contribution >= 4 is 29.1 Å². The molecule has 0 atom stereocenters. The Balaban J connectivity index is 1.47. The SMILES string of the molecule is COC(=O)N(Nc1ccccc1NC(=O)c1ccc(C)cc1)C1CCN(c2ccncc2)CC1. The molecule has 0 aliphatic carbocycles. The Hall–Kier alpha value is -4.07. The number of aromatic nitrogens is 1. The molecule has 1 aliphatic rings. The molecule has 1 fully saturated rings. The van der Waals surface area contributed by atoms with Gasteiger partial charge in [-0.1, -0.05) is 29.8 Å². The van der Waals surface area contributed by atoms with Crippen LogP contribution in [0.2, 0.25) is 0 Å². The summed E-state index contributed by atoms with van der Waals surface area (Å²) >= 11 is 0. The van der Waals surface area contributed by atoms with Gasteiger partial charge in [-0.25, -0.2) is 9.80 Å². The first kappa shape index (κ1) is 23.1. The third kappa shape index (κ3) is 5.46. The second-order valence-electron chi connectivity index (χ2n) is 8.24. The molecule has 2 amide bonds. The van der Waals surface area contributed by atoms with E-state index in [1.54, 1.807) is 30.6 Å². The number of nitrogens with one attached hydrogen (secondary N) is 2. The highest BCUT2D eigenvalue weighted by Crippen LogP contribution is 2.27. The molecule has 2 N–H and O–H groups in total. The highest BCUT2D eigenvalue weighted by Gasteiger charge is 2.29. The average Bonchev–Trinajstić information content (AvgIpc) is 2.88. The number of benzene rings is 2. The molecule has 1 aliphatic heterocycles. The van der Waals surface area contributed by atoms with Crippen molar-refractivity contribution in [2.45, 2.75) is 25.8 Å². The van der Waals surface area contributed by atoms with E-state index in [4.69, 9.17) is 4.74 Å². The van der Waals surface area contributed by atoms with Crippen molar-refractivity contribution in [3.8, 4) is 0 Å². The van der Waals surface area contributed by atoms with Gasteiger partial charge in [0, 0.05) is 36.7 Å². The number of carbonyl (C=O) groups excluding carboxylic acids is 2. The maximum Gasteiger partial charge on any atom is 0.428 e. The molecule has 1 aromatic heterocycles. The lowest BCUT2D eigenvalue weighted by molar-refractivity contribution is 0.102. The molecule has 4 rings (SSSR count). The Morgan fingerprint density at radius 2 is 1.62 bits per heavy atom. The van der Waals surface area contributed by atoms with E-state index in [-0.39, 0.29) is 11.9 Å². The van der Waals surface area contributed by atoms with Gasteiger partial charge in [-0.2, -0.15) is 0 Å². The van der Waals surface area contributed by atoms with Crippen LogP contribution in [-0.4, -0.2) is 48.2 Å². The molecule has 34 heavy (non-hydrogen) atoms. The highest BCUT2D eigenvalue weighted by atomic mass is 16.5. The van der Waals surface area contributed by atoms with Crippen molar-refractivity contribution < 1.29 is 14.3 Å². The number of methoxy groups -OCH3 is 1. The van der Waals surface area contributed by atoms with Crippen molar-refractivity contribution in [3.63, 3.8) is 0 Å². The Bertz CT molecular complexity index is 1110. The Morgan fingerprint density at radius 1 is 0.971 bits per heavy atom. The minimum Gasteiger partial charge on any atom is -0.452 e. The molecule has 8 heteroatoms. The lowest BCUT2D eigenvalue weighted by Gasteiger charge is -2.39. The van der Waals surface area contributed by atoms with Crippen molar-refractivity contribution in [2.24, 2.45) is 0 Å². The van der Waals surface area contributed by atoms with Gasteiger partial charge in [-0.3, -0.25) is 15.2 Å². The van der Waals surface area contributed by atoms with Crippen molar-refractivity contribution in [2.75, 3.05) is 35.8 Å². The van der Waals surface area contributed by atoms with Crippen LogP contribution in [0.25, 0.3) is 0 Å². The van der Waals surface area contributed by atoms with Gasteiger partial charge in [0.15, 0.2) is 0 Å². The molecular formula is C26H29N5O3. The van der Waals surface area contributed by atoms with E-state index in [1.807, 2.05) is 49.4 Å². The lowest BCUT2D eigenvalue weighted by Crippen LogP contribution is -2.50. The molecule has 0 saturated carbocycles. The van der Waals surface area contributed by atoms with Crippen LogP contribution in [0.4, 0.5) is 21.9 Å². The van der Waals surface area contributed by atoms with E-state index >= 15 is 0 Å². The van der Waals surface area contributed by atoms with E-state index < -0.39 is 6.09 Å². The molecule has 8 nitrogen and oxygen atoms in total. The summed E-state index contributed by atoms with van der Waals surface area (Å²) < 4.78 is 5.07. The summed E-state index contributed by atoms with van der Waals surface area (Å²) in [5, 5.41) is 4.47. The molecule has 2 heterocycles. The van der Waals surface area contributed by atoms with Gasteiger partial charge in [0.2, 0.25) is 0 Å². The topological polar surface area (TPSA) is 86.8 Å². The quantitative estimate of drug-likeness (QED) is 0.520. The van der Waals surface area contributed by atoms with Gasteiger partial charge >= 0.3 is 6.09 Å². The number of nitrogens with zero attached hydrogens (tertiary/aromatic N) is 3. The van der Waals surface area contributed by atoms with Gasteiger partial charge in [-0.05, 0) is 56.2 Å². The molecule has 0 radical (unpaired) electrons. The van der Waals surface area contributed by atoms with Gasteiger partial charge < -0.3 is 15.0 Å². The predicted octanol–water partition coefficient (Wildman–Crippen LogP) is 4.71. The van der Waals surface area contributed by atoms with E-state index in [2.05, 4.69) is 20.6 Å². The maximum absolute atomic E-state index is 12.8. The standard InChI is InChI=1S/C26H29N5O3/c1-19-7-9-20(10-8-19)25(32)28-23-5-3-4-6-24(23)29-31(26(33)34-2)22-13-17-30(18-14-22)21-11-15-27-16-12-21/h3-12,15-16,22,29H,13-14,17-18H2,1-2H3,(H,28,32). The van der Waals surface area contributed by atoms with Crippen LogP contribution in [-0.2, 0) is 4.74 Å². The normalized spacial score (nSPS) is 13.8.